The summed E-state index contributed by atoms with van der Waals surface area (Å²) in [5.74, 6) is 3.20. The summed E-state index contributed by atoms with van der Waals surface area (Å²) in [6, 6.07) is 7.93. The molecule has 0 spiro atoms. The number of benzene rings is 1. The summed E-state index contributed by atoms with van der Waals surface area (Å²) >= 11 is 0. The highest BCUT2D eigenvalue weighted by Gasteiger charge is 2.03. The lowest BCUT2D eigenvalue weighted by molar-refractivity contribution is 0.238. The quantitative estimate of drug-likeness (QED) is 0.702. The molecular formula is C14H19NO2. The summed E-state index contributed by atoms with van der Waals surface area (Å²) in [4.78, 5) is 0. The minimum Gasteiger partial charge on any atom is -0.481 e. The molecule has 0 aromatic heterocycles. The van der Waals surface area contributed by atoms with Gasteiger partial charge in [-0.3, -0.25) is 0 Å². The Morgan fingerprint density at radius 2 is 2.12 bits per heavy atom. The fourth-order valence-corrected chi connectivity index (χ4v) is 1.43. The standard InChI is InChI=1S/C14H19NO2/c1-3-9-17-14-7-5-12(6-8-14)10-15-13(4-2)11-16/h1,5-8,13,15-16H,4,9-11H2,2H3/t13-/m1/s1. The largest absolute Gasteiger partial charge is 0.481 e. The molecule has 0 saturated carbocycles. The van der Waals surface area contributed by atoms with E-state index in [1.807, 2.05) is 31.2 Å². The molecule has 0 aliphatic rings. The first-order chi connectivity index (χ1) is 8.30. The highest BCUT2D eigenvalue weighted by Crippen LogP contribution is 2.12. The summed E-state index contributed by atoms with van der Waals surface area (Å²) in [6.07, 6.45) is 6.03. The van der Waals surface area contributed by atoms with Gasteiger partial charge < -0.3 is 15.2 Å². The van der Waals surface area contributed by atoms with Crippen LogP contribution in [0.3, 0.4) is 0 Å². The third-order valence-electron chi connectivity index (χ3n) is 2.55. The van der Waals surface area contributed by atoms with Crippen LogP contribution >= 0.6 is 0 Å². The summed E-state index contributed by atoms with van der Waals surface area (Å²) in [6.45, 7) is 3.25. The predicted octanol–water partition coefficient (Wildman–Crippen LogP) is 1.56. The van der Waals surface area contributed by atoms with Crippen molar-refractivity contribution in [3.05, 3.63) is 29.8 Å². The van der Waals surface area contributed by atoms with E-state index in [-0.39, 0.29) is 12.6 Å². The molecule has 0 saturated heterocycles. The molecule has 3 nitrogen and oxygen atoms in total. The smallest absolute Gasteiger partial charge is 0.148 e. The van der Waals surface area contributed by atoms with Gasteiger partial charge in [-0.05, 0) is 24.1 Å². The van der Waals surface area contributed by atoms with Gasteiger partial charge in [0.1, 0.15) is 12.4 Å². The van der Waals surface area contributed by atoms with Gasteiger partial charge in [0, 0.05) is 12.6 Å². The van der Waals surface area contributed by atoms with E-state index >= 15 is 0 Å². The zero-order valence-electron chi connectivity index (χ0n) is 10.1. The van der Waals surface area contributed by atoms with E-state index in [1.165, 1.54) is 0 Å². The topological polar surface area (TPSA) is 41.5 Å². The molecule has 92 valence electrons. The Morgan fingerprint density at radius 1 is 1.41 bits per heavy atom. The van der Waals surface area contributed by atoms with E-state index in [0.717, 1.165) is 24.3 Å². The van der Waals surface area contributed by atoms with Gasteiger partial charge in [-0.1, -0.05) is 25.0 Å². The molecule has 0 aliphatic carbocycles. The lowest BCUT2D eigenvalue weighted by Crippen LogP contribution is -2.31. The van der Waals surface area contributed by atoms with Gasteiger partial charge in [0.25, 0.3) is 0 Å². The van der Waals surface area contributed by atoms with Crippen molar-refractivity contribution < 1.29 is 9.84 Å². The van der Waals surface area contributed by atoms with Crippen molar-refractivity contribution >= 4 is 0 Å². The van der Waals surface area contributed by atoms with Crippen molar-refractivity contribution in [2.45, 2.75) is 25.9 Å². The zero-order chi connectivity index (χ0) is 12.5. The second-order valence-corrected chi connectivity index (χ2v) is 3.81. The average Bonchev–Trinajstić information content (AvgIpc) is 2.39. The van der Waals surface area contributed by atoms with Crippen LogP contribution in [0.4, 0.5) is 0 Å². The number of rotatable bonds is 7. The number of aliphatic hydroxyl groups excluding tert-OH is 1. The van der Waals surface area contributed by atoms with Crippen molar-refractivity contribution in [1.29, 1.82) is 0 Å². The van der Waals surface area contributed by atoms with Crippen LogP contribution in [0.2, 0.25) is 0 Å². The fraction of sp³-hybridized carbons (Fsp3) is 0.429. The lowest BCUT2D eigenvalue weighted by Gasteiger charge is -2.14. The normalized spacial score (nSPS) is 11.8. The Morgan fingerprint density at radius 3 is 2.65 bits per heavy atom. The molecule has 2 N–H and O–H groups in total. The van der Waals surface area contributed by atoms with Crippen LogP contribution in [0.15, 0.2) is 24.3 Å². The molecule has 3 heteroatoms. The minimum atomic E-state index is 0.160. The van der Waals surface area contributed by atoms with Gasteiger partial charge in [0.2, 0.25) is 0 Å². The maximum absolute atomic E-state index is 9.04. The lowest BCUT2D eigenvalue weighted by atomic mass is 10.2. The Kier molecular flexibility index (Phi) is 6.16. The molecule has 0 heterocycles. The Bertz CT molecular complexity index is 349. The maximum atomic E-state index is 9.04. The van der Waals surface area contributed by atoms with Gasteiger partial charge in [-0.2, -0.15) is 0 Å². The van der Waals surface area contributed by atoms with Crippen molar-refractivity contribution in [1.82, 2.24) is 5.32 Å². The molecule has 0 aliphatic heterocycles. The number of ether oxygens (including phenoxy) is 1. The molecule has 1 aromatic carbocycles. The molecule has 1 atom stereocenters. The average molecular weight is 233 g/mol. The van der Waals surface area contributed by atoms with Crippen LogP contribution in [0.25, 0.3) is 0 Å². The van der Waals surface area contributed by atoms with Crippen LogP contribution in [0, 0.1) is 12.3 Å². The summed E-state index contributed by atoms with van der Waals surface area (Å²) in [5, 5.41) is 12.3. The highest BCUT2D eigenvalue weighted by atomic mass is 16.5. The minimum absolute atomic E-state index is 0.160. The van der Waals surface area contributed by atoms with Crippen LogP contribution in [0.5, 0.6) is 5.75 Å². The highest BCUT2D eigenvalue weighted by molar-refractivity contribution is 5.27. The Labute approximate surface area is 103 Å². The van der Waals surface area contributed by atoms with Crippen LogP contribution < -0.4 is 10.1 Å². The second kappa shape index (κ2) is 7.72. The molecular weight excluding hydrogens is 214 g/mol. The number of aliphatic hydroxyl groups is 1. The van der Waals surface area contributed by atoms with E-state index in [2.05, 4.69) is 11.2 Å². The summed E-state index contributed by atoms with van der Waals surface area (Å²) in [7, 11) is 0. The first kappa shape index (κ1) is 13.6. The third kappa shape index (κ3) is 4.90. The molecule has 0 unspecified atom stereocenters. The molecule has 1 rings (SSSR count). The summed E-state index contributed by atoms with van der Waals surface area (Å²) < 4.78 is 5.28. The number of terminal acetylenes is 1. The summed E-state index contributed by atoms with van der Waals surface area (Å²) in [5.41, 5.74) is 1.16. The van der Waals surface area contributed by atoms with E-state index in [4.69, 9.17) is 16.3 Å². The van der Waals surface area contributed by atoms with Crippen molar-refractivity contribution in [3.8, 4) is 18.1 Å². The first-order valence-corrected chi connectivity index (χ1v) is 5.79. The molecule has 0 bridgehead atoms. The van der Waals surface area contributed by atoms with Crippen molar-refractivity contribution in [2.24, 2.45) is 0 Å². The Balaban J connectivity index is 2.42. The van der Waals surface area contributed by atoms with Gasteiger partial charge in [0.05, 0.1) is 6.61 Å². The van der Waals surface area contributed by atoms with Crippen molar-refractivity contribution in [2.75, 3.05) is 13.2 Å². The van der Waals surface area contributed by atoms with Crippen LogP contribution in [0.1, 0.15) is 18.9 Å². The van der Waals surface area contributed by atoms with Gasteiger partial charge in [-0.25, -0.2) is 0 Å². The number of hydrogen-bond acceptors (Lipinski definition) is 3. The number of nitrogens with one attached hydrogen (secondary N) is 1. The van der Waals surface area contributed by atoms with Crippen LogP contribution in [-0.2, 0) is 6.54 Å². The maximum Gasteiger partial charge on any atom is 0.148 e. The Hall–Kier alpha value is -1.50. The molecule has 0 amide bonds. The fourth-order valence-electron chi connectivity index (χ4n) is 1.43. The SMILES string of the molecule is C#CCOc1ccc(CN[C@H](CC)CO)cc1. The van der Waals surface area contributed by atoms with E-state index in [9.17, 15) is 0 Å². The number of hydrogen-bond donors (Lipinski definition) is 2. The monoisotopic (exact) mass is 233 g/mol. The molecule has 0 fully saturated rings. The molecule has 17 heavy (non-hydrogen) atoms. The molecule has 1 aromatic rings. The van der Waals surface area contributed by atoms with Crippen LogP contribution in [-0.4, -0.2) is 24.4 Å². The third-order valence-corrected chi connectivity index (χ3v) is 2.55. The second-order valence-electron chi connectivity index (χ2n) is 3.81. The van der Waals surface area contributed by atoms with Gasteiger partial charge >= 0.3 is 0 Å². The van der Waals surface area contributed by atoms with E-state index in [1.54, 1.807) is 0 Å². The predicted molar refractivity (Wildman–Crippen MR) is 68.8 cm³/mol. The molecule has 0 radical (unpaired) electrons. The van der Waals surface area contributed by atoms with E-state index in [0.29, 0.717) is 6.61 Å². The first-order valence-electron chi connectivity index (χ1n) is 5.79. The van der Waals surface area contributed by atoms with E-state index < -0.39 is 0 Å². The van der Waals surface area contributed by atoms with Crippen molar-refractivity contribution in [3.63, 3.8) is 0 Å². The van der Waals surface area contributed by atoms with Gasteiger partial charge in [-0.15, -0.1) is 6.42 Å². The zero-order valence-corrected chi connectivity index (χ0v) is 10.1. The van der Waals surface area contributed by atoms with Gasteiger partial charge in [0.15, 0.2) is 0 Å².